The van der Waals surface area contributed by atoms with Crippen LogP contribution in [-0.2, 0) is 0 Å². The second kappa shape index (κ2) is 5.33. The van der Waals surface area contributed by atoms with Gasteiger partial charge >= 0.3 is 0 Å². The minimum atomic E-state index is 0.504. The Morgan fingerprint density at radius 2 is 1.45 bits per heavy atom. The van der Waals surface area contributed by atoms with Gasteiger partial charge in [-0.25, -0.2) is 0 Å². The number of benzene rings is 2. The molecule has 0 N–H and O–H groups in total. The maximum Gasteiger partial charge on any atom is 0.258 e. The van der Waals surface area contributed by atoms with Gasteiger partial charge in [-0.15, -0.1) is 0 Å². The van der Waals surface area contributed by atoms with Gasteiger partial charge in [-0.05, 0) is 24.3 Å². The zero-order valence-corrected chi connectivity index (χ0v) is 11.6. The summed E-state index contributed by atoms with van der Waals surface area (Å²) in [4.78, 5) is 4.44. The summed E-state index contributed by atoms with van der Waals surface area (Å²) in [5, 5.41) is 4.03. The van der Waals surface area contributed by atoms with E-state index in [2.05, 4.69) is 10.1 Å². The Morgan fingerprint density at radius 1 is 0.682 bits per heavy atom. The molecule has 0 aliphatic carbocycles. The van der Waals surface area contributed by atoms with E-state index in [4.69, 9.17) is 8.94 Å². The van der Waals surface area contributed by atoms with Crippen molar-refractivity contribution < 1.29 is 8.94 Å². The first kappa shape index (κ1) is 12.6. The molecule has 0 amide bonds. The summed E-state index contributed by atoms with van der Waals surface area (Å²) < 4.78 is 10.7. The first-order valence-corrected chi connectivity index (χ1v) is 6.93. The standard InChI is InChI=1S/C18H12N2O2/c1-2-5-14(6-3-1)17-19-18(22-20-17)15-10-8-13(9-11-15)16-7-4-12-21-16/h1-12H. The van der Waals surface area contributed by atoms with Crippen molar-refractivity contribution in [3.05, 3.63) is 73.0 Å². The van der Waals surface area contributed by atoms with Crippen LogP contribution in [0, 0.1) is 0 Å². The fourth-order valence-electron chi connectivity index (χ4n) is 2.27. The van der Waals surface area contributed by atoms with Crippen molar-refractivity contribution >= 4 is 0 Å². The first-order chi connectivity index (χ1) is 10.9. The van der Waals surface area contributed by atoms with E-state index in [-0.39, 0.29) is 0 Å². The highest BCUT2D eigenvalue weighted by Crippen LogP contribution is 2.25. The molecule has 0 aliphatic rings. The largest absolute Gasteiger partial charge is 0.464 e. The van der Waals surface area contributed by atoms with Gasteiger partial charge in [-0.1, -0.05) is 47.6 Å². The van der Waals surface area contributed by atoms with Gasteiger partial charge in [0.25, 0.3) is 5.89 Å². The molecule has 0 saturated carbocycles. The van der Waals surface area contributed by atoms with Gasteiger partial charge in [0.15, 0.2) is 0 Å². The summed E-state index contributed by atoms with van der Waals surface area (Å²) in [6.45, 7) is 0. The third-order valence-electron chi connectivity index (χ3n) is 3.40. The molecule has 0 saturated heterocycles. The van der Waals surface area contributed by atoms with Crippen LogP contribution in [-0.4, -0.2) is 10.1 Å². The van der Waals surface area contributed by atoms with Crippen LogP contribution in [0.5, 0.6) is 0 Å². The van der Waals surface area contributed by atoms with Crippen molar-refractivity contribution in [3.63, 3.8) is 0 Å². The molecule has 0 spiro atoms. The van der Waals surface area contributed by atoms with Crippen LogP contribution in [0.1, 0.15) is 0 Å². The highest BCUT2D eigenvalue weighted by atomic mass is 16.5. The highest BCUT2D eigenvalue weighted by Gasteiger charge is 2.10. The minimum absolute atomic E-state index is 0.504. The van der Waals surface area contributed by atoms with E-state index in [9.17, 15) is 0 Å². The lowest BCUT2D eigenvalue weighted by Gasteiger charge is -1.98. The molecule has 0 radical (unpaired) electrons. The molecule has 0 aliphatic heterocycles. The topological polar surface area (TPSA) is 52.1 Å². The van der Waals surface area contributed by atoms with E-state index in [0.29, 0.717) is 11.7 Å². The minimum Gasteiger partial charge on any atom is -0.464 e. The van der Waals surface area contributed by atoms with Gasteiger partial charge in [0.1, 0.15) is 5.76 Å². The number of furan rings is 1. The van der Waals surface area contributed by atoms with E-state index in [1.165, 1.54) is 0 Å². The second-order valence-corrected chi connectivity index (χ2v) is 4.84. The Bertz CT molecular complexity index is 863. The summed E-state index contributed by atoms with van der Waals surface area (Å²) in [6, 6.07) is 21.4. The SMILES string of the molecule is c1ccc(-c2noc(-c3ccc(-c4ccco4)cc3)n2)cc1. The van der Waals surface area contributed by atoms with Crippen molar-refractivity contribution in [2.24, 2.45) is 0 Å². The number of hydrogen-bond donors (Lipinski definition) is 0. The van der Waals surface area contributed by atoms with E-state index < -0.39 is 0 Å². The highest BCUT2D eigenvalue weighted by molar-refractivity contribution is 5.64. The Labute approximate surface area is 127 Å². The number of aromatic nitrogens is 2. The lowest BCUT2D eigenvalue weighted by Crippen LogP contribution is -1.81. The van der Waals surface area contributed by atoms with Gasteiger partial charge in [-0.3, -0.25) is 0 Å². The summed E-state index contributed by atoms with van der Waals surface area (Å²) >= 11 is 0. The Balaban J connectivity index is 1.64. The van der Waals surface area contributed by atoms with Crippen LogP contribution in [0.3, 0.4) is 0 Å². The maximum absolute atomic E-state index is 5.38. The Kier molecular flexibility index (Phi) is 3.05. The molecule has 0 unspecified atom stereocenters. The normalized spacial score (nSPS) is 10.7. The zero-order valence-electron chi connectivity index (χ0n) is 11.6. The molecular weight excluding hydrogens is 276 g/mol. The van der Waals surface area contributed by atoms with E-state index in [0.717, 1.165) is 22.5 Å². The first-order valence-electron chi connectivity index (χ1n) is 6.93. The van der Waals surface area contributed by atoms with Crippen molar-refractivity contribution in [2.75, 3.05) is 0 Å². The van der Waals surface area contributed by atoms with E-state index >= 15 is 0 Å². The average Bonchev–Trinajstić information content (AvgIpc) is 3.28. The third-order valence-corrected chi connectivity index (χ3v) is 3.40. The molecule has 106 valence electrons. The Hall–Kier alpha value is -3.14. The number of rotatable bonds is 3. The van der Waals surface area contributed by atoms with Crippen LogP contribution in [0.25, 0.3) is 34.2 Å². The monoisotopic (exact) mass is 288 g/mol. The Morgan fingerprint density at radius 3 is 2.18 bits per heavy atom. The molecule has 0 atom stereocenters. The average molecular weight is 288 g/mol. The predicted molar refractivity (Wildman–Crippen MR) is 82.9 cm³/mol. The fourth-order valence-corrected chi connectivity index (χ4v) is 2.27. The van der Waals surface area contributed by atoms with Crippen molar-refractivity contribution in [1.29, 1.82) is 0 Å². The maximum atomic E-state index is 5.38. The summed E-state index contributed by atoms with van der Waals surface area (Å²) in [7, 11) is 0. The lowest BCUT2D eigenvalue weighted by molar-refractivity contribution is 0.432. The molecule has 2 heterocycles. The fraction of sp³-hybridized carbons (Fsp3) is 0. The summed E-state index contributed by atoms with van der Waals surface area (Å²) in [5.74, 6) is 1.93. The van der Waals surface area contributed by atoms with Crippen LogP contribution < -0.4 is 0 Å². The molecule has 2 aromatic heterocycles. The van der Waals surface area contributed by atoms with Crippen LogP contribution in [0.4, 0.5) is 0 Å². The lowest BCUT2D eigenvalue weighted by atomic mass is 10.1. The molecular formula is C18H12N2O2. The smallest absolute Gasteiger partial charge is 0.258 e. The van der Waals surface area contributed by atoms with Crippen molar-refractivity contribution in [2.45, 2.75) is 0 Å². The van der Waals surface area contributed by atoms with Gasteiger partial charge in [-0.2, -0.15) is 4.98 Å². The van der Waals surface area contributed by atoms with Gasteiger partial charge in [0.2, 0.25) is 5.82 Å². The van der Waals surface area contributed by atoms with E-state index in [1.807, 2.05) is 66.7 Å². The van der Waals surface area contributed by atoms with Crippen LogP contribution in [0.15, 0.2) is 81.9 Å². The summed E-state index contributed by atoms with van der Waals surface area (Å²) in [5.41, 5.74) is 2.83. The van der Waals surface area contributed by atoms with Gasteiger partial charge in [0, 0.05) is 16.7 Å². The molecule has 0 fully saturated rings. The third kappa shape index (κ3) is 2.31. The molecule has 2 aromatic carbocycles. The quantitative estimate of drug-likeness (QED) is 0.550. The van der Waals surface area contributed by atoms with Gasteiger partial charge in [0.05, 0.1) is 6.26 Å². The number of hydrogen-bond acceptors (Lipinski definition) is 4. The second-order valence-electron chi connectivity index (χ2n) is 4.84. The van der Waals surface area contributed by atoms with Gasteiger partial charge < -0.3 is 8.94 Å². The van der Waals surface area contributed by atoms with Crippen molar-refractivity contribution in [1.82, 2.24) is 10.1 Å². The van der Waals surface area contributed by atoms with E-state index in [1.54, 1.807) is 6.26 Å². The molecule has 4 heteroatoms. The molecule has 4 aromatic rings. The zero-order chi connectivity index (χ0) is 14.8. The van der Waals surface area contributed by atoms with Crippen molar-refractivity contribution in [3.8, 4) is 34.2 Å². The predicted octanol–water partition coefficient (Wildman–Crippen LogP) is 4.66. The molecule has 22 heavy (non-hydrogen) atoms. The molecule has 0 bridgehead atoms. The van der Waals surface area contributed by atoms with Crippen LogP contribution >= 0.6 is 0 Å². The molecule has 4 nitrogen and oxygen atoms in total. The number of nitrogens with zero attached hydrogens (tertiary/aromatic N) is 2. The summed E-state index contributed by atoms with van der Waals surface area (Å²) in [6.07, 6.45) is 1.66. The van der Waals surface area contributed by atoms with Crippen LogP contribution in [0.2, 0.25) is 0 Å². The molecule has 4 rings (SSSR count).